The lowest BCUT2D eigenvalue weighted by Gasteiger charge is -2.36. The van der Waals surface area contributed by atoms with E-state index in [9.17, 15) is 32.8 Å². The smallest absolute Gasteiger partial charge is 0.314 e. The van der Waals surface area contributed by atoms with Gasteiger partial charge in [0.1, 0.15) is 23.4 Å². The fourth-order valence-corrected chi connectivity index (χ4v) is 6.35. The Morgan fingerprint density at radius 1 is 0.976 bits per heavy atom. The maximum atomic E-state index is 14.9. The van der Waals surface area contributed by atoms with Gasteiger partial charge in [0.05, 0.1) is 33.9 Å². The van der Waals surface area contributed by atoms with Crippen LogP contribution in [0.4, 0.5) is 14.5 Å². The van der Waals surface area contributed by atoms with Gasteiger partial charge in [-0.15, -0.1) is 0 Å². The monoisotopic (exact) mass is 604 g/mol. The highest BCUT2D eigenvalue weighted by Gasteiger charge is 2.37. The number of ether oxygens (including phenoxy) is 2. The molecule has 42 heavy (non-hydrogen) atoms. The first-order valence-electron chi connectivity index (χ1n) is 13.5. The SMILES string of the molecule is CCOc1ccc2c(c1)CCN(C(=O)CCC(=O)OC(=O)CCC(=O)O)[C@H]2C(=O)Nc1cc(F)c([Si](C)(C)C)c(F)c1. The lowest BCUT2D eigenvalue weighted by atomic mass is 9.91. The van der Waals surface area contributed by atoms with E-state index in [2.05, 4.69) is 10.1 Å². The summed E-state index contributed by atoms with van der Waals surface area (Å²) in [4.78, 5) is 62.4. The van der Waals surface area contributed by atoms with Gasteiger partial charge >= 0.3 is 17.9 Å². The van der Waals surface area contributed by atoms with Gasteiger partial charge in [0, 0.05) is 23.8 Å². The van der Waals surface area contributed by atoms with E-state index in [0.29, 0.717) is 24.3 Å². The van der Waals surface area contributed by atoms with E-state index in [-0.39, 0.29) is 17.4 Å². The fourth-order valence-electron chi connectivity index (χ4n) is 4.77. The number of esters is 2. The van der Waals surface area contributed by atoms with Crippen LogP contribution in [0.3, 0.4) is 0 Å². The molecule has 0 saturated carbocycles. The molecule has 1 atom stereocenters. The predicted molar refractivity (Wildman–Crippen MR) is 151 cm³/mol. The first-order chi connectivity index (χ1) is 19.7. The van der Waals surface area contributed by atoms with Crippen molar-refractivity contribution in [3.05, 3.63) is 53.1 Å². The van der Waals surface area contributed by atoms with Crippen molar-refractivity contribution in [3.8, 4) is 5.75 Å². The van der Waals surface area contributed by atoms with Crippen LogP contribution in [0.25, 0.3) is 0 Å². The number of hydrogen-bond acceptors (Lipinski definition) is 7. The molecule has 2 amide bonds. The number of nitrogens with zero attached hydrogens (tertiary/aromatic N) is 1. The van der Waals surface area contributed by atoms with Crippen LogP contribution >= 0.6 is 0 Å². The van der Waals surface area contributed by atoms with Gasteiger partial charge in [0.2, 0.25) is 5.91 Å². The van der Waals surface area contributed by atoms with Gasteiger partial charge in [-0.25, -0.2) is 8.78 Å². The topological polar surface area (TPSA) is 139 Å². The van der Waals surface area contributed by atoms with E-state index in [1.165, 1.54) is 4.90 Å². The van der Waals surface area contributed by atoms with E-state index < -0.39 is 81.2 Å². The molecule has 226 valence electrons. The average molecular weight is 605 g/mol. The first kappa shape index (κ1) is 32.4. The number of anilines is 1. The summed E-state index contributed by atoms with van der Waals surface area (Å²) in [7, 11) is -2.35. The fraction of sp³-hybridized carbons (Fsp3) is 0.414. The molecule has 0 radical (unpaired) electrons. The molecular formula is C29H34F2N2O8Si. The molecule has 2 aromatic rings. The summed E-state index contributed by atoms with van der Waals surface area (Å²) in [6.07, 6.45) is -1.50. The van der Waals surface area contributed by atoms with Crippen LogP contribution in [0.5, 0.6) is 5.75 Å². The number of benzene rings is 2. The Kier molecular flexibility index (Phi) is 10.6. The van der Waals surface area contributed by atoms with Gasteiger partial charge in [-0.05, 0) is 48.7 Å². The molecule has 0 spiro atoms. The van der Waals surface area contributed by atoms with Gasteiger partial charge < -0.3 is 24.8 Å². The molecule has 3 rings (SSSR count). The van der Waals surface area contributed by atoms with Gasteiger partial charge in [-0.1, -0.05) is 25.7 Å². The number of rotatable bonds is 11. The molecule has 13 heteroatoms. The summed E-state index contributed by atoms with van der Waals surface area (Å²) >= 11 is 0. The molecule has 0 fully saturated rings. The minimum atomic E-state index is -2.35. The highest BCUT2D eigenvalue weighted by molar-refractivity contribution is 6.88. The number of aliphatic carboxylic acids is 1. The molecule has 1 aliphatic rings. The van der Waals surface area contributed by atoms with Crippen LogP contribution < -0.4 is 15.2 Å². The van der Waals surface area contributed by atoms with Crippen molar-refractivity contribution in [2.75, 3.05) is 18.5 Å². The van der Waals surface area contributed by atoms with Crippen molar-refractivity contribution in [2.45, 2.75) is 64.7 Å². The third kappa shape index (κ3) is 8.21. The number of nitrogens with one attached hydrogen (secondary N) is 1. The number of carbonyl (C=O) groups is 5. The largest absolute Gasteiger partial charge is 0.494 e. The summed E-state index contributed by atoms with van der Waals surface area (Å²) in [5.41, 5.74) is 1.13. The lowest BCUT2D eigenvalue weighted by molar-refractivity contribution is -0.161. The first-order valence-corrected chi connectivity index (χ1v) is 17.0. The summed E-state index contributed by atoms with van der Waals surface area (Å²) in [5.74, 6) is -5.50. The number of hydrogen-bond donors (Lipinski definition) is 2. The van der Waals surface area contributed by atoms with E-state index >= 15 is 0 Å². The Morgan fingerprint density at radius 2 is 1.60 bits per heavy atom. The molecule has 10 nitrogen and oxygen atoms in total. The minimum Gasteiger partial charge on any atom is -0.494 e. The highest BCUT2D eigenvalue weighted by Crippen LogP contribution is 2.34. The van der Waals surface area contributed by atoms with Crippen LogP contribution in [0, 0.1) is 11.6 Å². The number of amides is 2. The highest BCUT2D eigenvalue weighted by atomic mass is 28.3. The summed E-state index contributed by atoms with van der Waals surface area (Å²) in [6, 6.07) is 5.99. The van der Waals surface area contributed by atoms with E-state index in [1.807, 2.05) is 6.92 Å². The molecule has 0 saturated heterocycles. The van der Waals surface area contributed by atoms with Crippen molar-refractivity contribution in [1.82, 2.24) is 4.90 Å². The van der Waals surface area contributed by atoms with Gasteiger partial charge in [-0.3, -0.25) is 24.0 Å². The van der Waals surface area contributed by atoms with Crippen molar-refractivity contribution in [1.29, 1.82) is 0 Å². The lowest BCUT2D eigenvalue weighted by Crippen LogP contribution is -2.45. The molecule has 2 N–H and O–H groups in total. The minimum absolute atomic E-state index is 0.0112. The molecule has 1 aliphatic heterocycles. The maximum Gasteiger partial charge on any atom is 0.314 e. The zero-order chi connectivity index (χ0) is 31.2. The van der Waals surface area contributed by atoms with Crippen molar-refractivity contribution < 1.29 is 47.3 Å². The number of carboxylic acids is 1. The van der Waals surface area contributed by atoms with Crippen molar-refractivity contribution >= 4 is 48.7 Å². The average Bonchev–Trinajstić information content (AvgIpc) is 2.88. The van der Waals surface area contributed by atoms with Crippen LogP contribution in [-0.2, 0) is 35.1 Å². The van der Waals surface area contributed by atoms with Crippen LogP contribution in [-0.4, -0.2) is 61.0 Å². The summed E-state index contributed by atoms with van der Waals surface area (Å²) < 4.78 is 39.9. The number of carbonyl (C=O) groups excluding carboxylic acids is 4. The second-order valence-corrected chi connectivity index (χ2v) is 15.8. The number of fused-ring (bicyclic) bond motifs is 1. The quantitative estimate of drug-likeness (QED) is 0.225. The standard InChI is InChI=1S/C29H34F2N2O8Si/c1-5-40-19-6-7-20-17(14-19)12-13-33(23(34)8-10-25(37)41-26(38)11-9-24(35)36)27(20)29(39)32-18-15-21(30)28(22(31)16-18)42(2,3)4/h6-7,14-16,27H,5,8-13H2,1-4H3,(H,32,39)(H,35,36)/t27-/m1/s1. The molecule has 0 aliphatic carbocycles. The maximum absolute atomic E-state index is 14.9. The van der Waals surface area contributed by atoms with E-state index in [1.54, 1.807) is 37.8 Å². The Balaban J connectivity index is 1.83. The number of carboxylic acid groups (broad SMARTS) is 1. The van der Waals surface area contributed by atoms with Crippen molar-refractivity contribution in [2.24, 2.45) is 0 Å². The van der Waals surface area contributed by atoms with Crippen LogP contribution in [0.2, 0.25) is 19.6 Å². The Labute approximate surface area is 243 Å². The molecule has 0 bridgehead atoms. The molecular weight excluding hydrogens is 570 g/mol. The predicted octanol–water partition coefficient (Wildman–Crippen LogP) is 3.69. The Hall–Kier alpha value is -4.13. The molecule has 1 heterocycles. The molecule has 0 unspecified atom stereocenters. The Bertz CT molecular complexity index is 1370. The van der Waals surface area contributed by atoms with Crippen molar-refractivity contribution in [3.63, 3.8) is 0 Å². The van der Waals surface area contributed by atoms with E-state index in [0.717, 1.165) is 17.7 Å². The third-order valence-electron chi connectivity index (χ3n) is 6.60. The van der Waals surface area contributed by atoms with Gasteiger partial charge in [0.15, 0.2) is 0 Å². The molecule has 0 aromatic heterocycles. The number of halogens is 2. The normalized spacial score (nSPS) is 14.5. The molecule has 2 aromatic carbocycles. The Morgan fingerprint density at radius 3 is 2.17 bits per heavy atom. The van der Waals surface area contributed by atoms with Crippen LogP contribution in [0.15, 0.2) is 30.3 Å². The summed E-state index contributed by atoms with van der Waals surface area (Å²) in [5, 5.41) is 11.2. The zero-order valence-corrected chi connectivity index (χ0v) is 24.9. The summed E-state index contributed by atoms with van der Waals surface area (Å²) in [6.45, 7) is 7.75. The van der Waals surface area contributed by atoms with E-state index in [4.69, 9.17) is 9.84 Å². The zero-order valence-electron chi connectivity index (χ0n) is 23.9. The van der Waals surface area contributed by atoms with Gasteiger partial charge in [0.25, 0.3) is 5.91 Å². The second kappa shape index (κ2) is 13.7. The van der Waals surface area contributed by atoms with Gasteiger partial charge in [-0.2, -0.15) is 0 Å². The third-order valence-corrected chi connectivity index (χ3v) is 8.57. The second-order valence-electron chi connectivity index (χ2n) is 10.8. The van der Waals surface area contributed by atoms with Crippen LogP contribution in [0.1, 0.15) is 49.8 Å².